The van der Waals surface area contributed by atoms with E-state index in [1.54, 1.807) is 6.08 Å². The Morgan fingerprint density at radius 3 is 1.26 bits per heavy atom. The highest BCUT2D eigenvalue weighted by molar-refractivity contribution is 7.47. The molecule has 0 saturated heterocycles. The van der Waals surface area contributed by atoms with Crippen molar-refractivity contribution in [2.45, 2.75) is 231 Å². The summed E-state index contributed by atoms with van der Waals surface area (Å²) < 4.78 is 23.6. The summed E-state index contributed by atoms with van der Waals surface area (Å²) in [4.78, 5) is 23.2. The molecule has 3 N–H and O–H groups in total. The molecule has 0 aliphatic rings. The van der Waals surface area contributed by atoms with Gasteiger partial charge in [0.25, 0.3) is 0 Å². The van der Waals surface area contributed by atoms with Gasteiger partial charge in [-0.3, -0.25) is 13.8 Å². The molecule has 0 fully saturated rings. The minimum Gasteiger partial charge on any atom is -0.387 e. The monoisotopic (exact) mass is 1020 g/mol. The minimum absolute atomic E-state index is 0.0493. The Balaban J connectivity index is 3.98. The van der Waals surface area contributed by atoms with E-state index in [1.165, 1.54) is 103 Å². The molecule has 0 bridgehead atoms. The molecule has 0 aromatic heterocycles. The molecule has 0 aliphatic heterocycles. The average molecular weight is 1020 g/mol. The molecular formula is C63H110N2O6P+. The fourth-order valence-electron chi connectivity index (χ4n) is 7.65. The van der Waals surface area contributed by atoms with E-state index >= 15 is 0 Å². The van der Waals surface area contributed by atoms with E-state index in [2.05, 4.69) is 129 Å². The Morgan fingerprint density at radius 1 is 0.486 bits per heavy atom. The van der Waals surface area contributed by atoms with E-state index in [4.69, 9.17) is 9.05 Å². The Kier molecular flexibility index (Phi) is 50.5. The molecular weight excluding hydrogens is 912 g/mol. The lowest BCUT2D eigenvalue weighted by atomic mass is 10.0. The van der Waals surface area contributed by atoms with Crippen LogP contribution in [0.15, 0.2) is 122 Å². The highest BCUT2D eigenvalue weighted by Crippen LogP contribution is 2.43. The van der Waals surface area contributed by atoms with Crippen molar-refractivity contribution in [1.29, 1.82) is 0 Å². The van der Waals surface area contributed by atoms with Crippen molar-refractivity contribution in [1.82, 2.24) is 5.32 Å². The van der Waals surface area contributed by atoms with Crippen LogP contribution in [0.25, 0.3) is 0 Å². The first-order valence-electron chi connectivity index (χ1n) is 28.9. The number of hydrogen-bond acceptors (Lipinski definition) is 5. The van der Waals surface area contributed by atoms with Gasteiger partial charge in [-0.2, -0.15) is 0 Å². The van der Waals surface area contributed by atoms with Crippen LogP contribution < -0.4 is 5.32 Å². The van der Waals surface area contributed by atoms with Crippen LogP contribution in [0.2, 0.25) is 0 Å². The third-order valence-corrected chi connectivity index (χ3v) is 13.1. The molecule has 72 heavy (non-hydrogen) atoms. The first kappa shape index (κ1) is 68.9. The Hall–Kier alpha value is -3.10. The van der Waals surface area contributed by atoms with Gasteiger partial charge >= 0.3 is 7.82 Å². The van der Waals surface area contributed by atoms with Gasteiger partial charge in [-0.25, -0.2) is 4.57 Å². The molecule has 0 spiro atoms. The molecule has 0 saturated carbocycles. The van der Waals surface area contributed by atoms with Gasteiger partial charge in [-0.15, -0.1) is 0 Å². The maximum atomic E-state index is 12.9. The first-order chi connectivity index (χ1) is 35.0. The van der Waals surface area contributed by atoms with Crippen molar-refractivity contribution < 1.29 is 32.9 Å². The zero-order valence-corrected chi connectivity index (χ0v) is 47.8. The zero-order valence-electron chi connectivity index (χ0n) is 46.9. The SMILES string of the molecule is CC/C=C\C/C=C\C/C=C\C/C=C\C/C=C\C/C=C\C/C=C\CCCCCCCCCCCCCCCCCCCC(=O)NC(COP(=O)(O)OCC[N+](C)(C)C)C(O)/C=C/CC/C=C/CC/C=C/CCC. The number of unbranched alkanes of at least 4 members (excludes halogenated alkanes) is 20. The number of phosphoric acid groups is 1. The number of amides is 1. The number of allylic oxidation sites excluding steroid dienone is 19. The number of aliphatic hydroxyl groups excluding tert-OH is 1. The summed E-state index contributed by atoms with van der Waals surface area (Å²) in [5, 5.41) is 13.8. The number of carbonyl (C=O) groups excluding carboxylic acids is 1. The second-order valence-electron chi connectivity index (χ2n) is 20.3. The van der Waals surface area contributed by atoms with Crippen molar-refractivity contribution in [3.05, 3.63) is 122 Å². The van der Waals surface area contributed by atoms with Crippen LogP contribution in [0.3, 0.4) is 0 Å². The fraction of sp³-hybridized carbons (Fsp3) is 0.667. The summed E-state index contributed by atoms with van der Waals surface area (Å²) in [6, 6.07) is -0.874. The summed E-state index contributed by atoms with van der Waals surface area (Å²) in [5.74, 6) is -0.196. The fourth-order valence-corrected chi connectivity index (χ4v) is 8.39. The van der Waals surface area contributed by atoms with Gasteiger partial charge in [0.05, 0.1) is 39.9 Å². The summed E-state index contributed by atoms with van der Waals surface area (Å²) in [5.41, 5.74) is 0. The summed E-state index contributed by atoms with van der Waals surface area (Å²) in [6.45, 7) is 4.58. The van der Waals surface area contributed by atoms with Crippen LogP contribution in [-0.4, -0.2) is 73.4 Å². The Bertz CT molecular complexity index is 1580. The highest BCUT2D eigenvalue weighted by Gasteiger charge is 2.27. The molecule has 0 aliphatic carbocycles. The molecule has 0 heterocycles. The molecule has 9 heteroatoms. The van der Waals surface area contributed by atoms with E-state index in [1.807, 2.05) is 27.2 Å². The maximum Gasteiger partial charge on any atom is 0.472 e. The normalized spacial score (nSPS) is 14.8. The van der Waals surface area contributed by atoms with Crippen LogP contribution in [0.5, 0.6) is 0 Å². The summed E-state index contributed by atoms with van der Waals surface area (Å²) >= 11 is 0. The summed E-state index contributed by atoms with van der Waals surface area (Å²) in [6.07, 6.45) is 79.0. The second kappa shape index (κ2) is 52.8. The van der Waals surface area contributed by atoms with Crippen LogP contribution >= 0.6 is 7.82 Å². The quantitative estimate of drug-likeness (QED) is 0.0243. The summed E-state index contributed by atoms with van der Waals surface area (Å²) in [7, 11) is 1.53. The van der Waals surface area contributed by atoms with Gasteiger partial charge < -0.3 is 19.8 Å². The Morgan fingerprint density at radius 2 is 0.847 bits per heavy atom. The number of nitrogens with zero attached hydrogens (tertiary/aromatic N) is 1. The van der Waals surface area contributed by atoms with Crippen LogP contribution in [0, 0.1) is 0 Å². The van der Waals surface area contributed by atoms with Gasteiger partial charge in [0.1, 0.15) is 13.2 Å². The molecule has 0 radical (unpaired) electrons. The number of phosphoric ester groups is 1. The van der Waals surface area contributed by atoms with Crippen LogP contribution in [0.4, 0.5) is 0 Å². The third-order valence-electron chi connectivity index (χ3n) is 12.1. The predicted octanol–water partition coefficient (Wildman–Crippen LogP) is 17.8. The van der Waals surface area contributed by atoms with Crippen molar-refractivity contribution >= 4 is 13.7 Å². The molecule has 3 atom stereocenters. The second-order valence-corrected chi connectivity index (χ2v) is 21.7. The molecule has 8 nitrogen and oxygen atoms in total. The van der Waals surface area contributed by atoms with E-state index in [-0.39, 0.29) is 19.1 Å². The van der Waals surface area contributed by atoms with Crippen LogP contribution in [0.1, 0.15) is 219 Å². The minimum atomic E-state index is -4.36. The average Bonchev–Trinajstić information content (AvgIpc) is 3.34. The molecule has 1 amide bonds. The predicted molar refractivity (Wildman–Crippen MR) is 313 cm³/mol. The highest BCUT2D eigenvalue weighted by atomic mass is 31.2. The zero-order chi connectivity index (χ0) is 52.7. The number of quaternary nitrogens is 1. The number of aliphatic hydroxyl groups is 1. The lowest BCUT2D eigenvalue weighted by Crippen LogP contribution is -2.45. The lowest BCUT2D eigenvalue weighted by molar-refractivity contribution is -0.870. The largest absolute Gasteiger partial charge is 0.472 e. The third kappa shape index (κ3) is 54.7. The number of rotatable bonds is 51. The van der Waals surface area contributed by atoms with Gasteiger partial charge in [0.15, 0.2) is 0 Å². The van der Waals surface area contributed by atoms with Crippen LogP contribution in [-0.2, 0) is 18.4 Å². The Labute approximate surface area is 444 Å². The van der Waals surface area contributed by atoms with Crippen molar-refractivity contribution in [2.75, 3.05) is 40.9 Å². The van der Waals surface area contributed by atoms with Gasteiger partial charge in [0, 0.05) is 6.42 Å². The topological polar surface area (TPSA) is 105 Å². The van der Waals surface area contributed by atoms with Crippen molar-refractivity contribution in [3.8, 4) is 0 Å². The smallest absolute Gasteiger partial charge is 0.387 e. The van der Waals surface area contributed by atoms with Crippen molar-refractivity contribution in [3.63, 3.8) is 0 Å². The number of carbonyl (C=O) groups is 1. The van der Waals surface area contributed by atoms with E-state index < -0.39 is 20.0 Å². The lowest BCUT2D eigenvalue weighted by Gasteiger charge is -2.25. The van der Waals surface area contributed by atoms with Gasteiger partial charge in [-0.1, -0.05) is 238 Å². The molecule has 0 rings (SSSR count). The van der Waals surface area contributed by atoms with E-state index in [9.17, 15) is 19.4 Å². The molecule has 412 valence electrons. The molecule has 3 unspecified atom stereocenters. The number of hydrogen-bond donors (Lipinski definition) is 3. The standard InChI is InChI=1S/C63H109N2O6P/c1-6-8-10-12-14-16-18-19-20-21-22-23-24-25-26-27-28-29-30-31-32-33-34-35-36-37-38-39-40-41-42-43-44-45-47-49-51-53-55-57-63(67)64-61(60-71-72(68,69)70-59-58-65(3,4)5)62(66)56-54-52-50-48-46-17-15-13-11-9-7-2/h8,10-11,13-14,16,19-20,22-23,25-26,28-29,31-32,46,48,54,56,61-62,66H,6-7,9,12,15,17-18,21,24,27,30,33-45,47,49-53,55,57-60H2,1-5H3,(H-,64,67,68,69)/p+1/b10-8-,13-11+,16-14-,20-19-,23-22-,26-25-,29-28-,32-31-,48-46+,56-54+. The molecule has 0 aromatic rings. The first-order valence-corrected chi connectivity index (χ1v) is 30.4. The number of likely N-dealkylation sites (N-methyl/N-ethyl adjacent to an activating group) is 1. The molecule has 0 aromatic carbocycles. The van der Waals surface area contributed by atoms with Crippen molar-refractivity contribution in [2.24, 2.45) is 0 Å². The maximum absolute atomic E-state index is 12.9. The van der Waals surface area contributed by atoms with Gasteiger partial charge in [-0.05, 0) is 96.3 Å². The number of nitrogens with one attached hydrogen (secondary N) is 1. The van der Waals surface area contributed by atoms with Gasteiger partial charge in [0.2, 0.25) is 5.91 Å². The van der Waals surface area contributed by atoms with E-state index in [0.29, 0.717) is 17.4 Å². The van der Waals surface area contributed by atoms with E-state index in [0.717, 1.165) is 96.3 Å².